The summed E-state index contributed by atoms with van der Waals surface area (Å²) in [6.07, 6.45) is 0. The molecule has 0 saturated carbocycles. The van der Waals surface area contributed by atoms with E-state index in [1.54, 1.807) is 6.07 Å². The molecule has 0 fully saturated rings. The number of hydrogen-bond acceptors (Lipinski definition) is 4. The molecule has 0 N–H and O–H groups in total. The predicted octanol–water partition coefficient (Wildman–Crippen LogP) is 3.72. The molecule has 1 aromatic heterocycles. The number of para-hydroxylation sites is 1. The Kier molecular flexibility index (Phi) is 4.16. The van der Waals surface area contributed by atoms with Gasteiger partial charge in [0.05, 0.1) is 19.2 Å². The van der Waals surface area contributed by atoms with Gasteiger partial charge >= 0.3 is 5.97 Å². The molecule has 0 spiro atoms. The topological polar surface area (TPSA) is 48.4 Å². The highest BCUT2D eigenvalue weighted by Crippen LogP contribution is 2.33. The minimum Gasteiger partial charge on any atom is -0.493 e. The summed E-state index contributed by atoms with van der Waals surface area (Å²) in [5.41, 5.74) is 2.05. The summed E-state index contributed by atoms with van der Waals surface area (Å²) >= 11 is 0. The first-order valence-electron chi connectivity index (χ1n) is 7.03. The van der Waals surface area contributed by atoms with Gasteiger partial charge in [0.15, 0.2) is 5.69 Å². The van der Waals surface area contributed by atoms with Crippen molar-refractivity contribution in [2.75, 3.05) is 13.7 Å². The molecule has 2 aromatic rings. The predicted molar refractivity (Wildman–Crippen MR) is 83.0 cm³/mol. The van der Waals surface area contributed by atoms with Gasteiger partial charge in [-0.3, -0.25) is 0 Å². The third kappa shape index (κ3) is 2.99. The van der Waals surface area contributed by atoms with Crippen LogP contribution in [0, 0.1) is 0 Å². The largest absolute Gasteiger partial charge is 0.493 e. The molecule has 0 aliphatic carbocycles. The Bertz CT molecular complexity index is 672. The van der Waals surface area contributed by atoms with Crippen LogP contribution in [0.4, 0.5) is 0 Å². The summed E-state index contributed by atoms with van der Waals surface area (Å²) in [6, 6.07) is 7.63. The van der Waals surface area contributed by atoms with Gasteiger partial charge in [-0.1, -0.05) is 32.9 Å². The molecule has 21 heavy (non-hydrogen) atoms. The van der Waals surface area contributed by atoms with Crippen molar-refractivity contribution in [3.8, 4) is 5.75 Å². The summed E-state index contributed by atoms with van der Waals surface area (Å²) in [4.78, 5) is 16.3. The van der Waals surface area contributed by atoms with Crippen molar-refractivity contribution in [3.63, 3.8) is 0 Å². The number of esters is 1. The van der Waals surface area contributed by atoms with E-state index in [9.17, 15) is 4.79 Å². The van der Waals surface area contributed by atoms with E-state index in [2.05, 4.69) is 25.8 Å². The van der Waals surface area contributed by atoms with E-state index in [0.29, 0.717) is 12.4 Å². The second kappa shape index (κ2) is 5.72. The molecule has 0 amide bonds. The SMILES string of the molecule is CCOc1cc(C(=O)OC)nc2c(C(C)(C)C)cccc12. The molecule has 0 aliphatic rings. The summed E-state index contributed by atoms with van der Waals surface area (Å²) in [7, 11) is 1.35. The van der Waals surface area contributed by atoms with Gasteiger partial charge in [0.1, 0.15) is 5.75 Å². The molecule has 4 heteroatoms. The maximum Gasteiger partial charge on any atom is 0.356 e. The molecular weight excluding hydrogens is 266 g/mol. The van der Waals surface area contributed by atoms with Crippen LogP contribution in [-0.2, 0) is 10.2 Å². The lowest BCUT2D eigenvalue weighted by molar-refractivity contribution is 0.0594. The van der Waals surface area contributed by atoms with Crippen LogP contribution in [0.25, 0.3) is 10.9 Å². The Morgan fingerprint density at radius 2 is 2.00 bits per heavy atom. The Labute approximate surface area is 125 Å². The van der Waals surface area contributed by atoms with E-state index in [-0.39, 0.29) is 11.1 Å². The van der Waals surface area contributed by atoms with Gasteiger partial charge in [0.25, 0.3) is 0 Å². The maximum atomic E-state index is 11.8. The number of pyridine rings is 1. The normalized spacial score (nSPS) is 11.5. The van der Waals surface area contributed by atoms with E-state index in [0.717, 1.165) is 16.5 Å². The average Bonchev–Trinajstić information content (AvgIpc) is 2.44. The highest BCUT2D eigenvalue weighted by Gasteiger charge is 2.21. The lowest BCUT2D eigenvalue weighted by atomic mass is 9.85. The molecule has 1 heterocycles. The van der Waals surface area contributed by atoms with Crippen LogP contribution in [0.2, 0.25) is 0 Å². The zero-order chi connectivity index (χ0) is 15.6. The van der Waals surface area contributed by atoms with Gasteiger partial charge in [0, 0.05) is 11.5 Å². The van der Waals surface area contributed by atoms with Gasteiger partial charge < -0.3 is 9.47 Å². The average molecular weight is 287 g/mol. The van der Waals surface area contributed by atoms with E-state index >= 15 is 0 Å². The van der Waals surface area contributed by atoms with Crippen LogP contribution < -0.4 is 4.74 Å². The second-order valence-electron chi connectivity index (χ2n) is 5.88. The fourth-order valence-corrected chi connectivity index (χ4v) is 2.31. The minimum atomic E-state index is -0.457. The molecule has 0 bridgehead atoms. The molecular formula is C17H21NO3. The molecule has 0 aliphatic heterocycles. The van der Waals surface area contributed by atoms with Crippen molar-refractivity contribution in [2.45, 2.75) is 33.1 Å². The molecule has 2 rings (SSSR count). The lowest BCUT2D eigenvalue weighted by Gasteiger charge is -2.21. The van der Waals surface area contributed by atoms with Crippen LogP contribution in [0.3, 0.4) is 0 Å². The number of hydrogen-bond donors (Lipinski definition) is 0. The number of benzene rings is 1. The van der Waals surface area contributed by atoms with Crippen molar-refractivity contribution < 1.29 is 14.3 Å². The van der Waals surface area contributed by atoms with Crippen LogP contribution in [0.1, 0.15) is 43.7 Å². The highest BCUT2D eigenvalue weighted by molar-refractivity contribution is 5.95. The summed E-state index contributed by atoms with van der Waals surface area (Å²) in [5.74, 6) is 0.204. The van der Waals surface area contributed by atoms with E-state index in [1.807, 2.05) is 25.1 Å². The minimum absolute atomic E-state index is 0.0786. The van der Waals surface area contributed by atoms with Crippen molar-refractivity contribution in [2.24, 2.45) is 0 Å². The third-order valence-electron chi connectivity index (χ3n) is 3.30. The second-order valence-corrected chi connectivity index (χ2v) is 5.88. The standard InChI is InChI=1S/C17H21NO3/c1-6-21-14-10-13(16(19)20-5)18-15-11(14)8-7-9-12(15)17(2,3)4/h7-10H,6H2,1-5H3. The first-order valence-corrected chi connectivity index (χ1v) is 7.03. The summed E-state index contributed by atoms with van der Waals surface area (Å²) < 4.78 is 10.5. The smallest absolute Gasteiger partial charge is 0.356 e. The number of aromatic nitrogens is 1. The molecule has 1 aromatic carbocycles. The van der Waals surface area contributed by atoms with Crippen molar-refractivity contribution >= 4 is 16.9 Å². The number of ether oxygens (including phenoxy) is 2. The number of rotatable bonds is 3. The fraction of sp³-hybridized carbons (Fsp3) is 0.412. The van der Waals surface area contributed by atoms with Gasteiger partial charge in [0.2, 0.25) is 0 Å². The monoisotopic (exact) mass is 287 g/mol. The van der Waals surface area contributed by atoms with E-state index in [4.69, 9.17) is 9.47 Å². The molecule has 0 unspecified atom stereocenters. The maximum absolute atomic E-state index is 11.8. The lowest BCUT2D eigenvalue weighted by Crippen LogP contribution is -2.14. The third-order valence-corrected chi connectivity index (χ3v) is 3.30. The summed E-state index contributed by atoms with van der Waals surface area (Å²) in [6.45, 7) is 8.80. The van der Waals surface area contributed by atoms with Crippen LogP contribution in [-0.4, -0.2) is 24.7 Å². The number of carbonyl (C=O) groups is 1. The summed E-state index contributed by atoms with van der Waals surface area (Å²) in [5, 5.41) is 0.914. The Hall–Kier alpha value is -2.10. The number of fused-ring (bicyclic) bond motifs is 1. The quantitative estimate of drug-likeness (QED) is 0.807. The van der Waals surface area contributed by atoms with Gasteiger partial charge in [-0.15, -0.1) is 0 Å². The Morgan fingerprint density at radius 1 is 1.29 bits per heavy atom. The number of methoxy groups -OCH3 is 1. The highest BCUT2D eigenvalue weighted by atomic mass is 16.5. The first kappa shape index (κ1) is 15.3. The van der Waals surface area contributed by atoms with Gasteiger partial charge in [-0.25, -0.2) is 9.78 Å². The number of carbonyl (C=O) groups excluding carboxylic acids is 1. The Balaban J connectivity index is 2.80. The van der Waals surface area contributed by atoms with Crippen molar-refractivity contribution in [1.82, 2.24) is 4.98 Å². The Morgan fingerprint density at radius 3 is 2.57 bits per heavy atom. The molecule has 4 nitrogen and oxygen atoms in total. The molecule has 0 atom stereocenters. The molecule has 0 saturated heterocycles. The van der Waals surface area contributed by atoms with Crippen molar-refractivity contribution in [3.05, 3.63) is 35.5 Å². The number of nitrogens with zero attached hydrogens (tertiary/aromatic N) is 1. The van der Waals surface area contributed by atoms with E-state index < -0.39 is 5.97 Å². The van der Waals surface area contributed by atoms with Crippen LogP contribution >= 0.6 is 0 Å². The molecule has 112 valence electrons. The van der Waals surface area contributed by atoms with Crippen LogP contribution in [0.15, 0.2) is 24.3 Å². The zero-order valence-electron chi connectivity index (χ0n) is 13.2. The fourth-order valence-electron chi connectivity index (χ4n) is 2.31. The van der Waals surface area contributed by atoms with E-state index in [1.165, 1.54) is 7.11 Å². The first-order chi connectivity index (χ1) is 9.88. The van der Waals surface area contributed by atoms with Crippen LogP contribution in [0.5, 0.6) is 5.75 Å². The van der Waals surface area contributed by atoms with Gasteiger partial charge in [-0.05, 0) is 24.0 Å². The zero-order valence-corrected chi connectivity index (χ0v) is 13.2. The van der Waals surface area contributed by atoms with Gasteiger partial charge in [-0.2, -0.15) is 0 Å². The molecule has 0 radical (unpaired) electrons. The van der Waals surface area contributed by atoms with Crippen molar-refractivity contribution in [1.29, 1.82) is 0 Å².